The number of aliphatic hydroxyl groups excluding tert-OH is 1. The van der Waals surface area contributed by atoms with Crippen LogP contribution in [0, 0.1) is 0 Å². The zero-order chi connectivity index (χ0) is 19.6. The molecule has 1 atom stereocenters. The lowest BCUT2D eigenvalue weighted by Gasteiger charge is -2.32. The van der Waals surface area contributed by atoms with Crippen LogP contribution in [0.3, 0.4) is 0 Å². The number of H-pyrrole nitrogens is 1. The molecule has 8 heteroatoms. The molecule has 5 rings (SSSR count). The Bertz CT molecular complexity index is 784. The summed E-state index contributed by atoms with van der Waals surface area (Å²) < 4.78 is 6.27. The molecule has 2 aromatic rings. The van der Waals surface area contributed by atoms with Gasteiger partial charge in [-0.3, -0.25) is 4.90 Å². The lowest BCUT2D eigenvalue weighted by molar-refractivity contribution is 0.111. The molecule has 3 saturated heterocycles. The molecule has 5 heterocycles. The maximum atomic E-state index is 9.98. The second-order valence-corrected chi connectivity index (χ2v) is 7.88. The van der Waals surface area contributed by atoms with Crippen LogP contribution in [-0.2, 0) is 0 Å². The van der Waals surface area contributed by atoms with Crippen LogP contribution in [0.25, 0.3) is 11.2 Å². The van der Waals surface area contributed by atoms with E-state index in [0.29, 0.717) is 30.6 Å². The fraction of sp³-hybridized carbons (Fsp3) is 0.750. The maximum Gasteiger partial charge on any atom is 0.245 e. The fourth-order valence-corrected chi connectivity index (χ4v) is 4.84. The summed E-state index contributed by atoms with van der Waals surface area (Å²) in [6, 6.07) is 0. The molecule has 154 valence electrons. The molecule has 0 aliphatic carbocycles. The number of rotatable bonds is 4. The zero-order valence-corrected chi connectivity index (χ0v) is 17.0. The highest BCUT2D eigenvalue weighted by Gasteiger charge is 2.45. The first-order valence-corrected chi connectivity index (χ1v) is 10.8. The van der Waals surface area contributed by atoms with E-state index in [1.807, 2.05) is 18.7 Å². The highest BCUT2D eigenvalue weighted by Crippen LogP contribution is 2.39. The van der Waals surface area contributed by atoms with E-state index >= 15 is 0 Å². The van der Waals surface area contributed by atoms with Gasteiger partial charge in [-0.2, -0.15) is 9.97 Å². The van der Waals surface area contributed by atoms with E-state index in [4.69, 9.17) is 9.72 Å². The normalized spacial score (nSPS) is 24.1. The van der Waals surface area contributed by atoms with Crippen molar-refractivity contribution in [1.29, 1.82) is 0 Å². The molecular weight excluding hydrogens is 356 g/mol. The van der Waals surface area contributed by atoms with Crippen LogP contribution in [0.4, 0.5) is 5.95 Å². The van der Waals surface area contributed by atoms with Crippen molar-refractivity contribution in [2.45, 2.75) is 64.0 Å². The van der Waals surface area contributed by atoms with E-state index in [9.17, 15) is 5.11 Å². The van der Waals surface area contributed by atoms with Crippen molar-refractivity contribution >= 4 is 17.1 Å². The number of nitrogens with one attached hydrogen (secondary N) is 1. The average molecular weight is 389 g/mol. The van der Waals surface area contributed by atoms with Gasteiger partial charge < -0.3 is 19.7 Å². The minimum absolute atomic E-state index is 0.179. The standard InChI is InChI=1S/C18H26N6O2.C2H6/c25-13-4-1-7-23(10-13)17-21-15-14(19-12-20-15)16(22-17)26-11-18-5-2-8-24(18)9-3-6-18;1-2/h12-13,25H,1-11H2,(H,19,20,21,22);1-2H3. The SMILES string of the molecule is CC.OC1CCCN(c2nc(OCC34CCCN3CCC4)c3[nH]cnc3n2)C1. The molecule has 0 saturated carbocycles. The van der Waals surface area contributed by atoms with Gasteiger partial charge in [0.25, 0.3) is 0 Å². The zero-order valence-electron chi connectivity index (χ0n) is 17.0. The molecule has 0 radical (unpaired) electrons. The third kappa shape index (κ3) is 3.55. The summed E-state index contributed by atoms with van der Waals surface area (Å²) in [5.41, 5.74) is 1.56. The van der Waals surface area contributed by atoms with Gasteiger partial charge >= 0.3 is 0 Å². The van der Waals surface area contributed by atoms with Crippen LogP contribution < -0.4 is 9.64 Å². The van der Waals surface area contributed by atoms with Gasteiger partial charge in [0.15, 0.2) is 5.65 Å². The highest BCUT2D eigenvalue weighted by atomic mass is 16.5. The fourth-order valence-electron chi connectivity index (χ4n) is 4.84. The Morgan fingerprint density at radius 1 is 1.18 bits per heavy atom. The number of nitrogens with zero attached hydrogens (tertiary/aromatic N) is 5. The van der Waals surface area contributed by atoms with E-state index in [-0.39, 0.29) is 11.6 Å². The summed E-state index contributed by atoms with van der Waals surface area (Å²) in [4.78, 5) is 21.3. The van der Waals surface area contributed by atoms with Crippen molar-refractivity contribution in [3.05, 3.63) is 6.33 Å². The largest absolute Gasteiger partial charge is 0.474 e. The smallest absolute Gasteiger partial charge is 0.245 e. The summed E-state index contributed by atoms with van der Waals surface area (Å²) in [6.07, 6.45) is 8.01. The molecule has 0 aromatic carbocycles. The lowest BCUT2D eigenvalue weighted by atomic mass is 9.95. The Hall–Kier alpha value is -1.93. The predicted octanol–water partition coefficient (Wildman–Crippen LogP) is 2.35. The number of fused-ring (bicyclic) bond motifs is 2. The van der Waals surface area contributed by atoms with Crippen molar-refractivity contribution in [2.24, 2.45) is 0 Å². The Morgan fingerprint density at radius 3 is 2.71 bits per heavy atom. The molecule has 28 heavy (non-hydrogen) atoms. The third-order valence-corrected chi connectivity index (χ3v) is 6.21. The molecular formula is C20H32N6O2. The quantitative estimate of drug-likeness (QED) is 0.831. The molecule has 0 amide bonds. The van der Waals surface area contributed by atoms with Crippen LogP contribution in [-0.4, -0.2) is 74.4 Å². The summed E-state index contributed by atoms with van der Waals surface area (Å²) >= 11 is 0. The van der Waals surface area contributed by atoms with Crippen LogP contribution in [0.2, 0.25) is 0 Å². The minimum atomic E-state index is -0.323. The van der Waals surface area contributed by atoms with Gasteiger partial charge in [0.2, 0.25) is 11.8 Å². The maximum absolute atomic E-state index is 9.98. The van der Waals surface area contributed by atoms with Crippen molar-refractivity contribution in [3.63, 3.8) is 0 Å². The van der Waals surface area contributed by atoms with Gasteiger partial charge in [0.1, 0.15) is 12.1 Å². The topological polar surface area (TPSA) is 90.4 Å². The van der Waals surface area contributed by atoms with Crippen LogP contribution in [0.1, 0.15) is 52.4 Å². The monoisotopic (exact) mass is 388 g/mol. The van der Waals surface area contributed by atoms with E-state index in [1.165, 1.54) is 38.8 Å². The first kappa shape index (κ1) is 19.4. The van der Waals surface area contributed by atoms with Crippen LogP contribution in [0.15, 0.2) is 6.33 Å². The first-order chi connectivity index (χ1) is 13.7. The number of β-amino-alcohol motifs (C(OH)–C–C–N with tert-alkyl or cyclic N) is 1. The first-order valence-electron chi connectivity index (χ1n) is 10.8. The average Bonchev–Trinajstić information content (AvgIpc) is 3.43. The molecule has 2 aromatic heterocycles. The molecule has 1 unspecified atom stereocenters. The van der Waals surface area contributed by atoms with Gasteiger partial charge in [-0.25, -0.2) is 4.98 Å². The number of anilines is 1. The minimum Gasteiger partial charge on any atom is -0.474 e. The van der Waals surface area contributed by atoms with Crippen LogP contribution in [0.5, 0.6) is 5.88 Å². The Balaban J connectivity index is 0.000000932. The molecule has 2 N–H and O–H groups in total. The number of aliphatic hydroxyl groups is 1. The van der Waals surface area contributed by atoms with Crippen molar-refractivity contribution in [1.82, 2.24) is 24.8 Å². The molecule has 0 bridgehead atoms. The lowest BCUT2D eigenvalue weighted by Crippen LogP contribution is -2.43. The number of hydrogen-bond donors (Lipinski definition) is 2. The summed E-state index contributed by atoms with van der Waals surface area (Å²) in [5.74, 6) is 1.18. The highest BCUT2D eigenvalue weighted by molar-refractivity contribution is 5.77. The third-order valence-electron chi connectivity index (χ3n) is 6.21. The van der Waals surface area contributed by atoms with E-state index in [2.05, 4.69) is 19.9 Å². The van der Waals surface area contributed by atoms with E-state index in [0.717, 1.165) is 24.9 Å². The Morgan fingerprint density at radius 2 is 1.96 bits per heavy atom. The second-order valence-electron chi connectivity index (χ2n) is 7.88. The number of aromatic amines is 1. The number of imidazole rings is 1. The van der Waals surface area contributed by atoms with Crippen molar-refractivity contribution in [2.75, 3.05) is 37.7 Å². The number of piperidine rings is 1. The molecule has 0 spiro atoms. The summed E-state index contributed by atoms with van der Waals surface area (Å²) in [7, 11) is 0. The molecule has 3 aliphatic rings. The van der Waals surface area contributed by atoms with Gasteiger partial charge in [0, 0.05) is 13.1 Å². The van der Waals surface area contributed by atoms with Gasteiger partial charge in [0.05, 0.1) is 18.0 Å². The summed E-state index contributed by atoms with van der Waals surface area (Å²) in [6.45, 7) is 8.45. The Kier molecular flexibility index (Phi) is 5.68. The number of hydrogen-bond acceptors (Lipinski definition) is 7. The number of aromatic nitrogens is 4. The molecule has 8 nitrogen and oxygen atoms in total. The van der Waals surface area contributed by atoms with Gasteiger partial charge in [-0.15, -0.1) is 0 Å². The second kappa shape index (κ2) is 8.21. The summed E-state index contributed by atoms with van der Waals surface area (Å²) in [5, 5.41) is 9.98. The van der Waals surface area contributed by atoms with Crippen LogP contribution >= 0.6 is 0 Å². The van der Waals surface area contributed by atoms with E-state index < -0.39 is 0 Å². The van der Waals surface area contributed by atoms with Gasteiger partial charge in [-0.1, -0.05) is 13.8 Å². The molecule has 3 aliphatic heterocycles. The van der Waals surface area contributed by atoms with Crippen molar-refractivity contribution < 1.29 is 9.84 Å². The van der Waals surface area contributed by atoms with Crippen molar-refractivity contribution in [3.8, 4) is 5.88 Å². The molecule has 3 fully saturated rings. The van der Waals surface area contributed by atoms with E-state index in [1.54, 1.807) is 6.33 Å². The predicted molar refractivity (Wildman–Crippen MR) is 109 cm³/mol. The Labute approximate surface area is 166 Å². The van der Waals surface area contributed by atoms with Gasteiger partial charge in [-0.05, 0) is 51.6 Å². The number of ether oxygens (including phenoxy) is 1.